The Morgan fingerprint density at radius 1 is 1.19 bits per heavy atom. The molecule has 82 valence electrons. The highest BCUT2D eigenvalue weighted by Gasteiger charge is 2.00. The average molecular weight is 217 g/mol. The number of anilines is 1. The van der Waals surface area contributed by atoms with Gasteiger partial charge in [-0.2, -0.15) is 0 Å². The summed E-state index contributed by atoms with van der Waals surface area (Å²) in [5.74, 6) is 0.750. The number of hydrogen-bond acceptors (Lipinski definition) is 2. The number of benzene rings is 2. The fraction of sp³-hybridized carbons (Fsp3) is 0.0833. The predicted octanol–water partition coefficient (Wildman–Crippen LogP) is 2.94. The maximum Gasteiger partial charge on any atom is 0.409 e. The van der Waals surface area contributed by atoms with E-state index in [-0.39, 0.29) is 0 Å². The molecule has 0 aromatic heterocycles. The summed E-state index contributed by atoms with van der Waals surface area (Å²) in [5, 5.41) is 12.9. The molecule has 2 aromatic rings. The molecule has 0 aliphatic carbocycles. The van der Waals surface area contributed by atoms with E-state index in [4.69, 9.17) is 9.84 Å². The molecule has 2 aromatic carbocycles. The van der Waals surface area contributed by atoms with E-state index in [2.05, 4.69) is 5.32 Å². The lowest BCUT2D eigenvalue weighted by atomic mass is 10.1. The van der Waals surface area contributed by atoms with E-state index in [1.54, 1.807) is 19.2 Å². The highest BCUT2D eigenvalue weighted by Crippen LogP contribution is 2.23. The van der Waals surface area contributed by atoms with Crippen LogP contribution in [0.4, 0.5) is 10.5 Å². The Kier molecular flexibility index (Phi) is 2.64. The van der Waals surface area contributed by atoms with Crippen molar-refractivity contribution in [3.8, 4) is 5.75 Å². The number of amides is 1. The van der Waals surface area contributed by atoms with Gasteiger partial charge in [-0.3, -0.25) is 5.32 Å². The lowest BCUT2D eigenvalue weighted by Gasteiger charge is -2.05. The topological polar surface area (TPSA) is 58.6 Å². The Morgan fingerprint density at radius 3 is 2.62 bits per heavy atom. The molecule has 0 saturated carbocycles. The molecule has 0 saturated heterocycles. The first-order valence-electron chi connectivity index (χ1n) is 4.77. The summed E-state index contributed by atoms with van der Waals surface area (Å²) in [6, 6.07) is 11.0. The van der Waals surface area contributed by atoms with E-state index in [0.29, 0.717) is 5.69 Å². The number of carboxylic acid groups (broad SMARTS) is 1. The zero-order valence-electron chi connectivity index (χ0n) is 8.73. The first kappa shape index (κ1) is 10.3. The van der Waals surface area contributed by atoms with Crippen molar-refractivity contribution in [2.75, 3.05) is 12.4 Å². The van der Waals surface area contributed by atoms with Gasteiger partial charge in [0.1, 0.15) is 5.75 Å². The molecule has 0 bridgehead atoms. The number of methoxy groups -OCH3 is 1. The molecule has 0 aliphatic rings. The van der Waals surface area contributed by atoms with Crippen LogP contribution in [0.15, 0.2) is 36.4 Å². The van der Waals surface area contributed by atoms with Crippen molar-refractivity contribution in [3.05, 3.63) is 36.4 Å². The van der Waals surface area contributed by atoms with Crippen LogP contribution < -0.4 is 10.1 Å². The van der Waals surface area contributed by atoms with E-state index >= 15 is 0 Å². The zero-order valence-corrected chi connectivity index (χ0v) is 8.73. The number of nitrogens with one attached hydrogen (secondary N) is 1. The van der Waals surface area contributed by atoms with E-state index < -0.39 is 6.09 Å². The summed E-state index contributed by atoms with van der Waals surface area (Å²) in [6.07, 6.45) is -1.07. The van der Waals surface area contributed by atoms with Crippen molar-refractivity contribution >= 4 is 22.6 Å². The smallest absolute Gasteiger partial charge is 0.409 e. The van der Waals surface area contributed by atoms with Crippen molar-refractivity contribution in [1.82, 2.24) is 0 Å². The molecule has 0 unspecified atom stereocenters. The maximum absolute atomic E-state index is 10.5. The standard InChI is InChI=1S/C12H11NO3/c1-16-11-5-3-8-2-4-10(13-12(14)15)6-9(8)7-11/h2-7,13H,1H3,(H,14,15). The Balaban J connectivity index is 2.46. The molecule has 0 spiro atoms. The van der Waals surface area contributed by atoms with E-state index in [9.17, 15) is 4.79 Å². The van der Waals surface area contributed by atoms with Crippen LogP contribution in [0.5, 0.6) is 5.75 Å². The molecule has 4 nitrogen and oxygen atoms in total. The van der Waals surface area contributed by atoms with Gasteiger partial charge in [0.15, 0.2) is 0 Å². The highest BCUT2D eigenvalue weighted by molar-refractivity contribution is 5.91. The Bertz CT molecular complexity index is 537. The fourth-order valence-corrected chi connectivity index (χ4v) is 1.55. The van der Waals surface area contributed by atoms with Crippen LogP contribution in [-0.2, 0) is 0 Å². The largest absolute Gasteiger partial charge is 0.497 e. The highest BCUT2D eigenvalue weighted by atomic mass is 16.5. The first-order valence-corrected chi connectivity index (χ1v) is 4.77. The first-order chi connectivity index (χ1) is 7.69. The molecule has 0 aliphatic heterocycles. The fourth-order valence-electron chi connectivity index (χ4n) is 1.55. The summed E-state index contributed by atoms with van der Waals surface area (Å²) in [4.78, 5) is 10.5. The van der Waals surface area contributed by atoms with Crippen LogP contribution in [0.25, 0.3) is 10.8 Å². The second-order valence-corrected chi connectivity index (χ2v) is 3.36. The van der Waals surface area contributed by atoms with Crippen molar-refractivity contribution in [1.29, 1.82) is 0 Å². The minimum Gasteiger partial charge on any atom is -0.497 e. The molecule has 16 heavy (non-hydrogen) atoms. The lowest BCUT2D eigenvalue weighted by Crippen LogP contribution is -2.06. The van der Waals surface area contributed by atoms with Crippen molar-refractivity contribution in [2.45, 2.75) is 0 Å². The van der Waals surface area contributed by atoms with Crippen molar-refractivity contribution < 1.29 is 14.6 Å². The van der Waals surface area contributed by atoms with Crippen LogP contribution in [0.3, 0.4) is 0 Å². The number of ether oxygens (including phenoxy) is 1. The number of carbonyl (C=O) groups is 1. The van der Waals surface area contributed by atoms with Gasteiger partial charge in [-0.1, -0.05) is 12.1 Å². The molecule has 2 N–H and O–H groups in total. The van der Waals surface area contributed by atoms with Crippen LogP contribution in [0, 0.1) is 0 Å². The summed E-state index contributed by atoms with van der Waals surface area (Å²) >= 11 is 0. The average Bonchev–Trinajstić information content (AvgIpc) is 2.27. The van der Waals surface area contributed by atoms with Gasteiger partial charge in [-0.15, -0.1) is 0 Å². The summed E-state index contributed by atoms with van der Waals surface area (Å²) in [5.41, 5.74) is 0.549. The Morgan fingerprint density at radius 2 is 1.94 bits per heavy atom. The monoisotopic (exact) mass is 217 g/mol. The Labute approximate surface area is 92.5 Å². The third-order valence-corrected chi connectivity index (χ3v) is 2.30. The lowest BCUT2D eigenvalue weighted by molar-refractivity contribution is 0.210. The molecule has 0 fully saturated rings. The minimum atomic E-state index is -1.07. The number of fused-ring (bicyclic) bond motifs is 1. The third kappa shape index (κ3) is 2.06. The van der Waals surface area contributed by atoms with E-state index in [1.807, 2.05) is 24.3 Å². The zero-order chi connectivity index (χ0) is 11.5. The minimum absolute atomic E-state index is 0.549. The van der Waals surface area contributed by atoms with Gasteiger partial charge in [-0.25, -0.2) is 4.79 Å². The quantitative estimate of drug-likeness (QED) is 0.813. The van der Waals surface area contributed by atoms with Crippen LogP contribution in [-0.4, -0.2) is 18.3 Å². The molecule has 4 heteroatoms. The predicted molar refractivity (Wildman–Crippen MR) is 62.1 cm³/mol. The summed E-state index contributed by atoms with van der Waals surface area (Å²) in [7, 11) is 1.60. The van der Waals surface area contributed by atoms with Gasteiger partial charge in [0.2, 0.25) is 0 Å². The normalized spacial score (nSPS) is 10.1. The van der Waals surface area contributed by atoms with Gasteiger partial charge < -0.3 is 9.84 Å². The van der Waals surface area contributed by atoms with Crippen LogP contribution in [0.1, 0.15) is 0 Å². The molecular weight excluding hydrogens is 206 g/mol. The second kappa shape index (κ2) is 4.10. The maximum atomic E-state index is 10.5. The molecule has 0 heterocycles. The summed E-state index contributed by atoms with van der Waals surface area (Å²) < 4.78 is 5.11. The van der Waals surface area contributed by atoms with Gasteiger partial charge in [0, 0.05) is 5.69 Å². The number of rotatable bonds is 2. The summed E-state index contributed by atoms with van der Waals surface area (Å²) in [6.45, 7) is 0. The van der Waals surface area contributed by atoms with Gasteiger partial charge >= 0.3 is 6.09 Å². The SMILES string of the molecule is COc1ccc2ccc(NC(=O)O)cc2c1. The van der Waals surface area contributed by atoms with E-state index in [0.717, 1.165) is 16.5 Å². The van der Waals surface area contributed by atoms with Gasteiger partial charge in [0.25, 0.3) is 0 Å². The molecule has 0 atom stereocenters. The molecule has 1 amide bonds. The van der Waals surface area contributed by atoms with Gasteiger partial charge in [-0.05, 0) is 35.0 Å². The molecule has 0 radical (unpaired) electrons. The van der Waals surface area contributed by atoms with Crippen molar-refractivity contribution in [2.24, 2.45) is 0 Å². The third-order valence-electron chi connectivity index (χ3n) is 2.30. The Hall–Kier alpha value is -2.23. The van der Waals surface area contributed by atoms with Crippen LogP contribution >= 0.6 is 0 Å². The molecule has 2 rings (SSSR count). The van der Waals surface area contributed by atoms with E-state index in [1.165, 1.54) is 0 Å². The molecular formula is C12H11NO3. The van der Waals surface area contributed by atoms with Crippen LogP contribution in [0.2, 0.25) is 0 Å². The second-order valence-electron chi connectivity index (χ2n) is 3.36. The number of hydrogen-bond donors (Lipinski definition) is 2. The van der Waals surface area contributed by atoms with Gasteiger partial charge in [0.05, 0.1) is 7.11 Å². The van der Waals surface area contributed by atoms with Crippen molar-refractivity contribution in [3.63, 3.8) is 0 Å².